The smallest absolute Gasteiger partial charge is 0.119 e. The van der Waals surface area contributed by atoms with Gasteiger partial charge in [-0.15, -0.1) is 0 Å². The molecule has 0 saturated heterocycles. The first-order valence-electron chi connectivity index (χ1n) is 5.90. The highest BCUT2D eigenvalue weighted by Crippen LogP contribution is 2.20. The number of nitrogens with one attached hydrogen (secondary N) is 1. The molecule has 5 heteroatoms. The molecular formula is C13H20ClNO3. The molecule has 18 heavy (non-hydrogen) atoms. The molecule has 0 radical (unpaired) electrons. The van der Waals surface area contributed by atoms with Gasteiger partial charge >= 0.3 is 0 Å². The SMILES string of the molecule is COCCNCC(O)COc1ccc(Cl)c(C)c1. The van der Waals surface area contributed by atoms with E-state index in [9.17, 15) is 5.11 Å². The second-order valence-electron chi connectivity index (χ2n) is 4.07. The summed E-state index contributed by atoms with van der Waals surface area (Å²) >= 11 is 5.91. The summed E-state index contributed by atoms with van der Waals surface area (Å²) in [6.07, 6.45) is -0.544. The number of rotatable bonds is 8. The van der Waals surface area contributed by atoms with Crippen molar-refractivity contribution in [3.05, 3.63) is 28.8 Å². The summed E-state index contributed by atoms with van der Waals surface area (Å²) in [5.41, 5.74) is 0.960. The van der Waals surface area contributed by atoms with Crippen molar-refractivity contribution in [1.82, 2.24) is 5.32 Å². The van der Waals surface area contributed by atoms with Crippen LogP contribution in [0.5, 0.6) is 5.75 Å². The number of hydrogen-bond donors (Lipinski definition) is 2. The largest absolute Gasteiger partial charge is 0.491 e. The summed E-state index contributed by atoms with van der Waals surface area (Å²) in [5, 5.41) is 13.5. The van der Waals surface area contributed by atoms with Crippen LogP contribution in [-0.4, -0.2) is 44.6 Å². The predicted molar refractivity (Wildman–Crippen MR) is 72.4 cm³/mol. The number of halogens is 1. The van der Waals surface area contributed by atoms with Crippen molar-refractivity contribution in [2.75, 3.05) is 33.4 Å². The molecule has 0 saturated carbocycles. The first-order valence-corrected chi connectivity index (χ1v) is 6.28. The van der Waals surface area contributed by atoms with E-state index in [1.54, 1.807) is 19.2 Å². The van der Waals surface area contributed by atoms with E-state index in [2.05, 4.69) is 5.32 Å². The van der Waals surface area contributed by atoms with Crippen LogP contribution in [0.1, 0.15) is 5.56 Å². The third-order valence-electron chi connectivity index (χ3n) is 2.43. The van der Waals surface area contributed by atoms with Gasteiger partial charge in [0.25, 0.3) is 0 Å². The van der Waals surface area contributed by atoms with Crippen LogP contribution < -0.4 is 10.1 Å². The van der Waals surface area contributed by atoms with E-state index in [1.807, 2.05) is 13.0 Å². The van der Waals surface area contributed by atoms with Crippen molar-refractivity contribution in [3.63, 3.8) is 0 Å². The molecule has 0 aromatic heterocycles. The summed E-state index contributed by atoms with van der Waals surface area (Å²) in [4.78, 5) is 0. The molecule has 0 aliphatic heterocycles. The zero-order valence-corrected chi connectivity index (χ0v) is 11.5. The zero-order valence-electron chi connectivity index (χ0n) is 10.8. The summed E-state index contributed by atoms with van der Waals surface area (Å²) < 4.78 is 10.4. The maximum atomic E-state index is 9.68. The van der Waals surface area contributed by atoms with Crippen LogP contribution in [0.15, 0.2) is 18.2 Å². The molecule has 1 aromatic rings. The lowest BCUT2D eigenvalue weighted by atomic mass is 10.2. The van der Waals surface area contributed by atoms with Crippen LogP contribution in [-0.2, 0) is 4.74 Å². The van der Waals surface area contributed by atoms with Gasteiger partial charge in [-0.25, -0.2) is 0 Å². The van der Waals surface area contributed by atoms with Gasteiger partial charge in [0, 0.05) is 25.2 Å². The predicted octanol–water partition coefficient (Wildman–Crippen LogP) is 1.62. The molecule has 1 rings (SSSR count). The molecule has 4 nitrogen and oxygen atoms in total. The van der Waals surface area contributed by atoms with Crippen molar-refractivity contribution < 1.29 is 14.6 Å². The minimum absolute atomic E-state index is 0.251. The van der Waals surface area contributed by atoms with Crippen molar-refractivity contribution in [2.45, 2.75) is 13.0 Å². The van der Waals surface area contributed by atoms with Crippen LogP contribution in [0.2, 0.25) is 5.02 Å². The lowest BCUT2D eigenvalue weighted by Crippen LogP contribution is -2.33. The maximum absolute atomic E-state index is 9.68. The number of methoxy groups -OCH3 is 1. The fourth-order valence-corrected chi connectivity index (χ4v) is 1.52. The lowest BCUT2D eigenvalue weighted by Gasteiger charge is -2.13. The number of benzene rings is 1. The van der Waals surface area contributed by atoms with Gasteiger partial charge in [0.2, 0.25) is 0 Å². The van der Waals surface area contributed by atoms with Gasteiger partial charge in [0.05, 0.1) is 6.61 Å². The number of aliphatic hydroxyl groups excluding tert-OH is 1. The van der Waals surface area contributed by atoms with Gasteiger partial charge in [-0.2, -0.15) is 0 Å². The van der Waals surface area contributed by atoms with Crippen LogP contribution in [0.3, 0.4) is 0 Å². The van der Waals surface area contributed by atoms with Crippen molar-refractivity contribution in [2.24, 2.45) is 0 Å². The Labute approximate surface area is 113 Å². The Morgan fingerprint density at radius 3 is 2.89 bits per heavy atom. The molecule has 0 heterocycles. The Bertz CT molecular complexity index is 360. The normalized spacial score (nSPS) is 12.4. The molecule has 2 N–H and O–H groups in total. The molecule has 1 atom stereocenters. The number of ether oxygens (including phenoxy) is 2. The summed E-state index contributed by atoms with van der Waals surface area (Å²) in [7, 11) is 1.64. The molecule has 0 aliphatic rings. The van der Waals surface area contributed by atoms with E-state index in [0.29, 0.717) is 30.5 Å². The Morgan fingerprint density at radius 1 is 1.44 bits per heavy atom. The molecule has 0 bridgehead atoms. The Kier molecular flexibility index (Phi) is 7.05. The molecule has 0 aliphatic carbocycles. The van der Waals surface area contributed by atoms with E-state index in [4.69, 9.17) is 21.1 Å². The maximum Gasteiger partial charge on any atom is 0.119 e. The summed E-state index contributed by atoms with van der Waals surface area (Å²) in [6, 6.07) is 5.43. The Morgan fingerprint density at radius 2 is 2.22 bits per heavy atom. The summed E-state index contributed by atoms with van der Waals surface area (Å²) in [5.74, 6) is 0.716. The topological polar surface area (TPSA) is 50.7 Å². The summed E-state index contributed by atoms with van der Waals surface area (Å²) in [6.45, 7) is 3.99. The molecule has 0 fully saturated rings. The van der Waals surface area contributed by atoms with Crippen LogP contribution in [0, 0.1) is 6.92 Å². The number of aliphatic hydroxyl groups is 1. The third kappa shape index (κ3) is 5.69. The number of hydrogen-bond acceptors (Lipinski definition) is 4. The van der Waals surface area contributed by atoms with Crippen LogP contribution in [0.25, 0.3) is 0 Å². The Hall–Kier alpha value is -0.810. The highest BCUT2D eigenvalue weighted by molar-refractivity contribution is 6.31. The minimum atomic E-state index is -0.544. The van der Waals surface area contributed by atoms with Crippen LogP contribution in [0.4, 0.5) is 0 Å². The third-order valence-corrected chi connectivity index (χ3v) is 2.86. The average molecular weight is 274 g/mol. The fourth-order valence-electron chi connectivity index (χ4n) is 1.40. The average Bonchev–Trinajstić information content (AvgIpc) is 2.36. The fraction of sp³-hybridized carbons (Fsp3) is 0.538. The highest BCUT2D eigenvalue weighted by Gasteiger charge is 2.05. The number of aryl methyl sites for hydroxylation is 1. The van der Waals surface area contributed by atoms with Gasteiger partial charge in [-0.3, -0.25) is 0 Å². The molecular weight excluding hydrogens is 254 g/mol. The van der Waals surface area contributed by atoms with Gasteiger partial charge < -0.3 is 19.9 Å². The first-order chi connectivity index (χ1) is 8.63. The van der Waals surface area contributed by atoms with E-state index >= 15 is 0 Å². The molecule has 1 aromatic carbocycles. The minimum Gasteiger partial charge on any atom is -0.491 e. The van der Waals surface area contributed by atoms with Crippen LogP contribution >= 0.6 is 11.6 Å². The monoisotopic (exact) mass is 273 g/mol. The van der Waals surface area contributed by atoms with E-state index in [1.165, 1.54) is 0 Å². The lowest BCUT2D eigenvalue weighted by molar-refractivity contribution is 0.103. The molecule has 102 valence electrons. The van der Waals surface area contributed by atoms with E-state index in [-0.39, 0.29) is 6.61 Å². The molecule has 0 spiro atoms. The highest BCUT2D eigenvalue weighted by atomic mass is 35.5. The van der Waals surface area contributed by atoms with Gasteiger partial charge in [0.15, 0.2) is 0 Å². The quantitative estimate of drug-likeness (QED) is 0.707. The zero-order chi connectivity index (χ0) is 13.4. The second-order valence-corrected chi connectivity index (χ2v) is 4.48. The van der Waals surface area contributed by atoms with Crippen molar-refractivity contribution in [1.29, 1.82) is 0 Å². The van der Waals surface area contributed by atoms with Crippen molar-refractivity contribution >= 4 is 11.6 Å². The van der Waals surface area contributed by atoms with Crippen molar-refractivity contribution in [3.8, 4) is 5.75 Å². The standard InChI is InChI=1S/C13H20ClNO3/c1-10-7-12(3-4-13(10)14)18-9-11(16)8-15-5-6-17-2/h3-4,7,11,15-16H,5-6,8-9H2,1-2H3. The Balaban J connectivity index is 2.24. The molecule has 1 unspecified atom stereocenters. The van der Waals surface area contributed by atoms with Gasteiger partial charge in [-0.05, 0) is 30.7 Å². The van der Waals surface area contributed by atoms with E-state index in [0.717, 1.165) is 5.56 Å². The first kappa shape index (κ1) is 15.2. The van der Waals surface area contributed by atoms with E-state index < -0.39 is 6.10 Å². The van der Waals surface area contributed by atoms with Gasteiger partial charge in [-0.1, -0.05) is 11.6 Å². The van der Waals surface area contributed by atoms with Gasteiger partial charge in [0.1, 0.15) is 18.5 Å². The second kappa shape index (κ2) is 8.32. The molecule has 0 amide bonds.